The Morgan fingerprint density at radius 1 is 1.03 bits per heavy atom. The minimum absolute atomic E-state index is 0.0294. The zero-order chi connectivity index (χ0) is 28.0. The van der Waals surface area contributed by atoms with Crippen LogP contribution in [-0.2, 0) is 21.9 Å². The Morgan fingerprint density at radius 2 is 1.61 bits per heavy atom. The molecule has 0 aromatic heterocycles. The van der Waals surface area contributed by atoms with Gasteiger partial charge in [-0.1, -0.05) is 12.1 Å². The quantitative estimate of drug-likeness (QED) is 0.468. The van der Waals surface area contributed by atoms with Crippen LogP contribution in [0.2, 0.25) is 0 Å². The maximum absolute atomic E-state index is 13.6. The third-order valence-electron chi connectivity index (χ3n) is 6.94. The molecule has 206 valence electrons. The minimum Gasteiger partial charge on any atom is -0.465 e. The van der Waals surface area contributed by atoms with Crippen LogP contribution in [0.15, 0.2) is 42.5 Å². The summed E-state index contributed by atoms with van der Waals surface area (Å²) < 4.78 is 99.8. The van der Waals surface area contributed by atoms with Crippen molar-refractivity contribution < 1.29 is 50.2 Å². The van der Waals surface area contributed by atoms with Gasteiger partial charge < -0.3 is 20.1 Å². The van der Waals surface area contributed by atoms with Crippen LogP contribution in [0.25, 0.3) is 0 Å². The normalized spacial score (nSPS) is 24.7. The first-order valence-corrected chi connectivity index (χ1v) is 11.7. The maximum atomic E-state index is 13.6. The number of carbonyl (C=O) groups is 2. The monoisotopic (exact) mass is 548 g/mol. The van der Waals surface area contributed by atoms with Crippen LogP contribution in [-0.4, -0.2) is 46.7 Å². The smallest absolute Gasteiger partial charge is 0.416 e. The van der Waals surface area contributed by atoms with Gasteiger partial charge in [0.25, 0.3) is 0 Å². The number of nitrogens with zero attached hydrogens (tertiary/aromatic N) is 1. The number of amides is 2. The zero-order valence-electron chi connectivity index (χ0n) is 19.8. The van der Waals surface area contributed by atoms with Crippen LogP contribution in [0.4, 0.5) is 35.5 Å². The number of hydrogen-bond acceptors (Lipinski definition) is 3. The second kappa shape index (κ2) is 10.1. The number of alkyl halides is 6. The second-order valence-corrected chi connectivity index (χ2v) is 9.37. The molecule has 0 aliphatic carbocycles. The fraction of sp³-hybridized carbons (Fsp3) is 0.440. The van der Waals surface area contributed by atoms with Gasteiger partial charge in [-0.25, -0.2) is 9.18 Å². The number of nitrogens with one attached hydrogen (secondary N) is 1. The van der Waals surface area contributed by atoms with Gasteiger partial charge in [0.15, 0.2) is 0 Å². The van der Waals surface area contributed by atoms with Crippen LogP contribution in [0.5, 0.6) is 0 Å². The number of benzene rings is 2. The highest BCUT2D eigenvalue weighted by molar-refractivity contribution is 5.86. The van der Waals surface area contributed by atoms with E-state index in [9.17, 15) is 40.3 Å². The first kappa shape index (κ1) is 27.7. The molecule has 0 saturated carbocycles. The molecule has 2 fully saturated rings. The van der Waals surface area contributed by atoms with Crippen molar-refractivity contribution in [2.75, 3.05) is 6.54 Å². The molecular formula is C25H23F7N2O4. The summed E-state index contributed by atoms with van der Waals surface area (Å²) in [5.74, 6) is -1.63. The number of hydrogen-bond donors (Lipinski definition) is 2. The number of rotatable bonds is 5. The first-order chi connectivity index (χ1) is 17.6. The van der Waals surface area contributed by atoms with Crippen molar-refractivity contribution in [1.82, 2.24) is 10.2 Å². The molecule has 1 unspecified atom stereocenters. The average Bonchev–Trinajstić information content (AvgIpc) is 3.18. The van der Waals surface area contributed by atoms with Gasteiger partial charge in [-0.15, -0.1) is 0 Å². The highest BCUT2D eigenvalue weighted by Crippen LogP contribution is 2.43. The van der Waals surface area contributed by atoms with E-state index in [4.69, 9.17) is 9.84 Å². The molecule has 2 heterocycles. The molecule has 2 aromatic carbocycles. The molecule has 5 atom stereocenters. The van der Waals surface area contributed by atoms with Crippen LogP contribution >= 0.6 is 0 Å². The van der Waals surface area contributed by atoms with Crippen LogP contribution in [0.3, 0.4) is 0 Å². The van der Waals surface area contributed by atoms with Crippen molar-refractivity contribution >= 4 is 12.0 Å². The van der Waals surface area contributed by atoms with E-state index in [0.29, 0.717) is 24.1 Å². The number of piperidine rings is 1. The molecule has 2 aromatic rings. The van der Waals surface area contributed by atoms with Crippen molar-refractivity contribution in [2.45, 2.75) is 62.3 Å². The summed E-state index contributed by atoms with van der Waals surface area (Å²) >= 11 is 0. The highest BCUT2D eigenvalue weighted by atomic mass is 19.4. The van der Waals surface area contributed by atoms with Crippen molar-refractivity contribution in [3.8, 4) is 0 Å². The van der Waals surface area contributed by atoms with E-state index in [1.807, 2.05) is 0 Å². The topological polar surface area (TPSA) is 78.9 Å². The van der Waals surface area contributed by atoms with Crippen molar-refractivity contribution in [3.05, 3.63) is 70.5 Å². The molecule has 0 radical (unpaired) electrons. The molecule has 2 N–H and O–H groups in total. The Balaban J connectivity index is 1.67. The van der Waals surface area contributed by atoms with Gasteiger partial charge in [0.2, 0.25) is 5.91 Å². The predicted octanol–water partition coefficient (Wildman–Crippen LogP) is 5.73. The van der Waals surface area contributed by atoms with Gasteiger partial charge in [-0.3, -0.25) is 4.79 Å². The third-order valence-corrected chi connectivity index (χ3v) is 6.94. The molecule has 2 amide bonds. The Bertz CT molecular complexity index is 1170. The zero-order valence-corrected chi connectivity index (χ0v) is 19.8. The lowest BCUT2D eigenvalue weighted by atomic mass is 9.85. The highest BCUT2D eigenvalue weighted by Gasteiger charge is 2.50. The van der Waals surface area contributed by atoms with E-state index in [1.54, 1.807) is 0 Å². The summed E-state index contributed by atoms with van der Waals surface area (Å²) in [6, 6.07) is 5.05. The Morgan fingerprint density at radius 3 is 2.13 bits per heavy atom. The summed E-state index contributed by atoms with van der Waals surface area (Å²) in [7, 11) is 0. The van der Waals surface area contributed by atoms with Crippen molar-refractivity contribution in [3.63, 3.8) is 0 Å². The summed E-state index contributed by atoms with van der Waals surface area (Å²) in [6.45, 7) is 1.23. The SMILES string of the molecule is C[C@@H](O[C@H]1CN2C(=O)C(NC(=O)O)CC[C@H]2[C@@H]1c1ccc(F)cc1)c1cc(C(F)(F)F)cc(C(F)(F)F)c1. The summed E-state index contributed by atoms with van der Waals surface area (Å²) in [5.41, 5.74) is -2.75. The average molecular weight is 548 g/mol. The number of carbonyl (C=O) groups excluding carboxylic acids is 1. The van der Waals surface area contributed by atoms with E-state index in [-0.39, 0.29) is 24.6 Å². The van der Waals surface area contributed by atoms with Gasteiger partial charge >= 0.3 is 18.4 Å². The van der Waals surface area contributed by atoms with E-state index in [2.05, 4.69) is 5.32 Å². The Kier molecular flexibility index (Phi) is 7.34. The molecule has 2 saturated heterocycles. The van der Waals surface area contributed by atoms with E-state index >= 15 is 0 Å². The molecular weight excluding hydrogens is 525 g/mol. The second-order valence-electron chi connectivity index (χ2n) is 9.37. The lowest BCUT2D eigenvalue weighted by Crippen LogP contribution is -2.54. The van der Waals surface area contributed by atoms with E-state index < -0.39 is 71.5 Å². The van der Waals surface area contributed by atoms with Crippen molar-refractivity contribution in [2.24, 2.45) is 0 Å². The van der Waals surface area contributed by atoms with E-state index in [1.165, 1.54) is 36.1 Å². The summed E-state index contributed by atoms with van der Waals surface area (Å²) in [4.78, 5) is 25.5. The van der Waals surface area contributed by atoms with E-state index in [0.717, 1.165) is 0 Å². The minimum atomic E-state index is -5.03. The van der Waals surface area contributed by atoms with Crippen LogP contribution in [0, 0.1) is 5.82 Å². The fourth-order valence-electron chi connectivity index (χ4n) is 5.22. The molecule has 0 spiro atoms. The molecule has 13 heteroatoms. The summed E-state index contributed by atoms with van der Waals surface area (Å²) in [5, 5.41) is 11.2. The van der Waals surface area contributed by atoms with Gasteiger partial charge in [-0.2, -0.15) is 26.3 Å². The van der Waals surface area contributed by atoms with Crippen LogP contribution < -0.4 is 5.32 Å². The molecule has 0 bridgehead atoms. The van der Waals surface area contributed by atoms with Gasteiger partial charge in [0, 0.05) is 18.5 Å². The number of ether oxygens (including phenoxy) is 1. The Hall–Kier alpha value is -3.35. The molecule has 6 nitrogen and oxygen atoms in total. The van der Waals surface area contributed by atoms with Gasteiger partial charge in [0.05, 0.1) is 23.3 Å². The third kappa shape index (κ3) is 5.71. The standard InChI is InChI=1S/C25H23F7N2O4/c1-12(14-8-15(24(27,28)29)10-16(9-14)25(30,31)32)38-20-11-34-19(7-6-18(22(34)35)33-23(36)37)21(20)13-2-4-17(26)5-3-13/h2-5,8-10,12,18-21,33H,6-7,11H2,1H3,(H,36,37)/t12-,18?,19+,20+,21+/m1/s1. The fourth-order valence-corrected chi connectivity index (χ4v) is 5.22. The van der Waals surface area contributed by atoms with Gasteiger partial charge in [-0.05, 0) is 61.2 Å². The Labute approximate surface area is 212 Å². The number of carboxylic acid groups (broad SMARTS) is 1. The first-order valence-electron chi connectivity index (χ1n) is 11.7. The number of halogens is 7. The molecule has 2 aliphatic rings. The molecule has 4 rings (SSSR count). The maximum Gasteiger partial charge on any atom is 0.416 e. The number of fused-ring (bicyclic) bond motifs is 1. The lowest BCUT2D eigenvalue weighted by Gasteiger charge is -2.36. The summed E-state index contributed by atoms with van der Waals surface area (Å²) in [6.07, 6.45) is -13.0. The van der Waals surface area contributed by atoms with Gasteiger partial charge in [0.1, 0.15) is 11.9 Å². The molecule has 2 aliphatic heterocycles. The lowest BCUT2D eigenvalue weighted by molar-refractivity contribution is -0.143. The van der Waals surface area contributed by atoms with Crippen LogP contribution in [0.1, 0.15) is 54.0 Å². The molecule has 38 heavy (non-hydrogen) atoms. The largest absolute Gasteiger partial charge is 0.465 e. The van der Waals surface area contributed by atoms with Crippen molar-refractivity contribution in [1.29, 1.82) is 0 Å². The predicted molar refractivity (Wildman–Crippen MR) is 119 cm³/mol.